The molecule has 2 heterocycles. The fourth-order valence-electron chi connectivity index (χ4n) is 2.52. The number of ether oxygens (including phenoxy) is 1. The van der Waals surface area contributed by atoms with Crippen molar-refractivity contribution in [2.75, 3.05) is 36.0 Å². The van der Waals surface area contributed by atoms with E-state index >= 15 is 0 Å². The van der Waals surface area contributed by atoms with Gasteiger partial charge in [-0.25, -0.2) is 9.18 Å². The van der Waals surface area contributed by atoms with E-state index in [9.17, 15) is 14.0 Å². The highest BCUT2D eigenvalue weighted by molar-refractivity contribution is 5.90. The highest BCUT2D eigenvalue weighted by Gasteiger charge is 2.32. The second kappa shape index (κ2) is 6.73. The van der Waals surface area contributed by atoms with Crippen LogP contribution in [0.1, 0.15) is 6.92 Å². The van der Waals surface area contributed by atoms with E-state index in [1.54, 1.807) is 17.0 Å². The molecule has 0 saturated carbocycles. The Kier molecular flexibility index (Phi) is 4.50. The van der Waals surface area contributed by atoms with Gasteiger partial charge in [0.1, 0.15) is 24.9 Å². The number of oxime groups is 1. The Balaban J connectivity index is 1.72. The lowest BCUT2D eigenvalue weighted by Gasteiger charge is -2.23. The maximum atomic E-state index is 14.4. The average Bonchev–Trinajstić information content (AvgIpc) is 2.94. The molecule has 128 valence electrons. The van der Waals surface area contributed by atoms with E-state index in [0.29, 0.717) is 24.5 Å². The van der Waals surface area contributed by atoms with E-state index < -0.39 is 18.0 Å². The summed E-state index contributed by atoms with van der Waals surface area (Å²) in [6.07, 6.45) is 0.385. The molecule has 9 heteroatoms. The van der Waals surface area contributed by atoms with Gasteiger partial charge < -0.3 is 19.8 Å². The normalized spacial score (nSPS) is 19.9. The first-order valence-corrected chi connectivity index (χ1v) is 7.49. The third-order valence-electron chi connectivity index (χ3n) is 3.69. The first-order chi connectivity index (χ1) is 11.5. The number of halogens is 1. The average molecular weight is 336 g/mol. The minimum Gasteiger partial charge on any atom is -0.442 e. The topological polar surface area (TPSA) is 83.5 Å². The van der Waals surface area contributed by atoms with E-state index in [1.165, 1.54) is 24.2 Å². The van der Waals surface area contributed by atoms with Crippen molar-refractivity contribution in [3.8, 4) is 0 Å². The number of carbonyl (C=O) groups excluding carboxylic acids is 2. The van der Waals surface area contributed by atoms with Crippen LogP contribution in [0.3, 0.4) is 0 Å². The molecule has 24 heavy (non-hydrogen) atoms. The Morgan fingerprint density at radius 3 is 3.00 bits per heavy atom. The van der Waals surface area contributed by atoms with Gasteiger partial charge in [0.2, 0.25) is 5.91 Å². The predicted octanol–water partition coefficient (Wildman–Crippen LogP) is 1.07. The first kappa shape index (κ1) is 16.0. The van der Waals surface area contributed by atoms with E-state index in [0.717, 1.165) is 0 Å². The van der Waals surface area contributed by atoms with Gasteiger partial charge in [-0.3, -0.25) is 9.69 Å². The van der Waals surface area contributed by atoms with Crippen molar-refractivity contribution >= 4 is 29.7 Å². The third kappa shape index (κ3) is 3.39. The number of hydrogen-bond donors (Lipinski definition) is 1. The molecule has 0 radical (unpaired) electrons. The zero-order valence-corrected chi connectivity index (χ0v) is 13.1. The van der Waals surface area contributed by atoms with Crippen LogP contribution in [0.4, 0.5) is 20.6 Å². The van der Waals surface area contributed by atoms with Crippen molar-refractivity contribution in [1.82, 2.24) is 5.32 Å². The summed E-state index contributed by atoms with van der Waals surface area (Å²) >= 11 is 0. The molecule has 1 N–H and O–H groups in total. The lowest BCUT2D eigenvalue weighted by atomic mass is 10.2. The Bertz CT molecular complexity index is 681. The second-order valence-electron chi connectivity index (χ2n) is 5.44. The van der Waals surface area contributed by atoms with Crippen molar-refractivity contribution in [3.05, 3.63) is 24.0 Å². The van der Waals surface area contributed by atoms with Gasteiger partial charge >= 0.3 is 6.09 Å². The van der Waals surface area contributed by atoms with Crippen LogP contribution in [-0.2, 0) is 14.4 Å². The highest BCUT2D eigenvalue weighted by atomic mass is 19.1. The number of nitrogens with zero attached hydrogens (tertiary/aromatic N) is 3. The van der Waals surface area contributed by atoms with Gasteiger partial charge in [-0.1, -0.05) is 5.16 Å². The molecule has 0 aromatic heterocycles. The quantitative estimate of drug-likeness (QED) is 0.889. The first-order valence-electron chi connectivity index (χ1n) is 7.49. The summed E-state index contributed by atoms with van der Waals surface area (Å²) in [5.74, 6) is -0.675. The Labute approximate surface area is 137 Å². The van der Waals surface area contributed by atoms with Crippen LogP contribution in [-0.4, -0.2) is 50.7 Å². The SMILES string of the molecule is CC(=O)NCC1CN(c2ccc(N3C=NOCC3)c(F)c2)C(=O)O1. The molecule has 0 spiro atoms. The van der Waals surface area contributed by atoms with Crippen molar-refractivity contribution in [3.63, 3.8) is 0 Å². The number of hydrogen-bond acceptors (Lipinski definition) is 6. The molecule has 1 saturated heterocycles. The van der Waals surface area contributed by atoms with Crippen LogP contribution in [0.2, 0.25) is 0 Å². The predicted molar refractivity (Wildman–Crippen MR) is 84.5 cm³/mol. The van der Waals surface area contributed by atoms with E-state index in [4.69, 9.17) is 9.57 Å². The van der Waals surface area contributed by atoms with Crippen LogP contribution in [0.5, 0.6) is 0 Å². The van der Waals surface area contributed by atoms with Crippen molar-refractivity contribution in [2.45, 2.75) is 13.0 Å². The van der Waals surface area contributed by atoms with Gasteiger partial charge in [0.25, 0.3) is 0 Å². The standard InChI is InChI=1S/C15H17FN4O4/c1-10(21)17-7-12-8-20(15(22)24-12)11-2-3-14(13(16)6-11)19-4-5-23-18-9-19/h2-3,6,9,12H,4-5,7-8H2,1H3,(H,17,21). The zero-order valence-electron chi connectivity index (χ0n) is 13.1. The monoisotopic (exact) mass is 336 g/mol. The molecule has 3 rings (SSSR count). The van der Waals surface area contributed by atoms with E-state index in [-0.39, 0.29) is 19.0 Å². The third-order valence-corrected chi connectivity index (χ3v) is 3.69. The van der Waals surface area contributed by atoms with Crippen LogP contribution in [0.15, 0.2) is 23.4 Å². The molecule has 1 fully saturated rings. The molecule has 0 bridgehead atoms. The molecule has 2 aliphatic rings. The second-order valence-corrected chi connectivity index (χ2v) is 5.44. The molecule has 0 aliphatic carbocycles. The Hall–Kier alpha value is -2.84. The van der Waals surface area contributed by atoms with Gasteiger partial charge in [-0.05, 0) is 18.2 Å². The van der Waals surface area contributed by atoms with Crippen LogP contribution >= 0.6 is 0 Å². The summed E-state index contributed by atoms with van der Waals surface area (Å²) in [4.78, 5) is 30.7. The highest BCUT2D eigenvalue weighted by Crippen LogP contribution is 2.27. The molecule has 8 nitrogen and oxygen atoms in total. The number of nitrogens with one attached hydrogen (secondary N) is 1. The van der Waals surface area contributed by atoms with E-state index in [1.807, 2.05) is 0 Å². The minimum atomic E-state index is -0.564. The number of rotatable bonds is 4. The number of carbonyl (C=O) groups is 2. The summed E-state index contributed by atoms with van der Waals surface area (Å²) in [7, 11) is 0. The van der Waals surface area contributed by atoms with Gasteiger partial charge in [-0.2, -0.15) is 0 Å². The number of amides is 2. The summed E-state index contributed by atoms with van der Waals surface area (Å²) in [6.45, 7) is 2.72. The van der Waals surface area contributed by atoms with Crippen LogP contribution in [0, 0.1) is 5.82 Å². The summed E-state index contributed by atoms with van der Waals surface area (Å²) in [5.41, 5.74) is 0.755. The molecule has 1 atom stereocenters. The van der Waals surface area contributed by atoms with Gasteiger partial charge in [0.15, 0.2) is 0 Å². The molecule has 2 aliphatic heterocycles. The largest absolute Gasteiger partial charge is 0.442 e. The maximum absolute atomic E-state index is 14.4. The molecular weight excluding hydrogens is 319 g/mol. The Morgan fingerprint density at radius 2 is 2.33 bits per heavy atom. The van der Waals surface area contributed by atoms with Crippen molar-refractivity contribution in [2.24, 2.45) is 5.16 Å². The van der Waals surface area contributed by atoms with Crippen LogP contribution < -0.4 is 15.1 Å². The summed E-state index contributed by atoms with van der Waals surface area (Å²) in [5, 5.41) is 6.24. The van der Waals surface area contributed by atoms with Gasteiger partial charge in [0, 0.05) is 6.92 Å². The summed E-state index contributed by atoms with van der Waals surface area (Å²) < 4.78 is 19.6. The molecule has 1 unspecified atom stereocenters. The fourth-order valence-corrected chi connectivity index (χ4v) is 2.52. The lowest BCUT2D eigenvalue weighted by Crippen LogP contribution is -2.33. The summed E-state index contributed by atoms with van der Waals surface area (Å²) in [6, 6.07) is 4.50. The van der Waals surface area contributed by atoms with Crippen molar-refractivity contribution in [1.29, 1.82) is 0 Å². The van der Waals surface area contributed by atoms with Crippen molar-refractivity contribution < 1.29 is 23.6 Å². The fraction of sp³-hybridized carbons (Fsp3) is 0.400. The number of cyclic esters (lactones) is 1. The molecule has 1 aromatic carbocycles. The molecule has 1 aromatic rings. The van der Waals surface area contributed by atoms with Gasteiger partial charge in [-0.15, -0.1) is 0 Å². The van der Waals surface area contributed by atoms with Crippen LogP contribution in [0.25, 0.3) is 0 Å². The Morgan fingerprint density at radius 1 is 1.50 bits per heavy atom. The molecular formula is C15H17FN4O4. The lowest BCUT2D eigenvalue weighted by molar-refractivity contribution is -0.119. The minimum absolute atomic E-state index is 0.202. The maximum Gasteiger partial charge on any atom is 0.414 e. The number of benzene rings is 1. The smallest absolute Gasteiger partial charge is 0.414 e. The number of anilines is 2. The molecule has 2 amide bonds. The van der Waals surface area contributed by atoms with E-state index in [2.05, 4.69) is 10.5 Å². The van der Waals surface area contributed by atoms with Gasteiger partial charge in [0.05, 0.1) is 31.0 Å². The zero-order chi connectivity index (χ0) is 17.1.